The van der Waals surface area contributed by atoms with Crippen molar-refractivity contribution >= 4 is 59.7 Å². The van der Waals surface area contributed by atoms with Crippen molar-refractivity contribution in [2.75, 3.05) is 5.32 Å². The van der Waals surface area contributed by atoms with Gasteiger partial charge in [-0.15, -0.1) is 0 Å². The Morgan fingerprint density at radius 3 is 2.20 bits per heavy atom. The van der Waals surface area contributed by atoms with Gasteiger partial charge < -0.3 is 9.88 Å². The Kier molecular flexibility index (Phi) is 6.93. The average Bonchev–Trinajstić information content (AvgIpc) is 3.29. The van der Waals surface area contributed by atoms with E-state index in [0.717, 1.165) is 15.6 Å². The molecule has 0 fully saturated rings. The average molecular weight is 626 g/mol. The fraction of sp³-hybridized carbons (Fsp3) is 0.0938. The number of hydrogen-bond donors (Lipinski definition) is 1. The number of nitrogens with one attached hydrogen (secondary N) is 1. The summed E-state index contributed by atoms with van der Waals surface area (Å²) in [5.74, 6) is -0.349. The van der Waals surface area contributed by atoms with E-state index in [9.17, 15) is 13.2 Å². The summed E-state index contributed by atoms with van der Waals surface area (Å²) in [5.41, 5.74) is 3.92. The molecule has 0 aliphatic rings. The Morgan fingerprint density at radius 1 is 0.854 bits per heavy atom. The van der Waals surface area contributed by atoms with Gasteiger partial charge in [0.25, 0.3) is 5.91 Å². The Bertz CT molecular complexity index is 2040. The fourth-order valence-corrected chi connectivity index (χ4v) is 6.84. The summed E-state index contributed by atoms with van der Waals surface area (Å²) in [6.45, 7) is 3.84. The second-order valence-corrected chi connectivity index (χ2v) is 12.6. The predicted octanol–water partition coefficient (Wildman–Crippen LogP) is 7.35. The van der Waals surface area contributed by atoms with Gasteiger partial charge in [0, 0.05) is 10.0 Å². The molecule has 0 aliphatic heterocycles. The lowest BCUT2D eigenvalue weighted by Crippen LogP contribution is -2.19. The zero-order valence-electron chi connectivity index (χ0n) is 22.2. The monoisotopic (exact) mass is 624 g/mol. The van der Waals surface area contributed by atoms with Gasteiger partial charge in [-0.3, -0.25) is 4.79 Å². The third kappa shape index (κ3) is 4.92. The van der Waals surface area contributed by atoms with Crippen molar-refractivity contribution in [3.63, 3.8) is 0 Å². The summed E-state index contributed by atoms with van der Waals surface area (Å²) in [5, 5.41) is 2.95. The van der Waals surface area contributed by atoms with E-state index in [4.69, 9.17) is 9.97 Å². The number of carbonyl (C=O) groups is 1. The highest BCUT2D eigenvalue weighted by Gasteiger charge is 2.34. The van der Waals surface area contributed by atoms with Crippen LogP contribution in [-0.2, 0) is 9.84 Å². The summed E-state index contributed by atoms with van der Waals surface area (Å²) < 4.78 is 31.3. The van der Waals surface area contributed by atoms with Gasteiger partial charge >= 0.3 is 0 Å². The molecule has 41 heavy (non-hydrogen) atoms. The second kappa shape index (κ2) is 10.6. The van der Waals surface area contributed by atoms with Crippen LogP contribution < -0.4 is 5.32 Å². The Hall–Kier alpha value is -4.34. The number of anilines is 1. The van der Waals surface area contributed by atoms with Crippen LogP contribution in [0.2, 0.25) is 0 Å². The number of carbonyl (C=O) groups excluding carboxylic acids is 1. The van der Waals surface area contributed by atoms with E-state index in [1.54, 1.807) is 53.1 Å². The maximum absolute atomic E-state index is 14.4. The number of fused-ring (bicyclic) bond motifs is 2. The van der Waals surface area contributed by atoms with Crippen LogP contribution >= 0.6 is 15.9 Å². The molecule has 0 saturated carbocycles. The Balaban J connectivity index is 1.70. The second-order valence-electron chi connectivity index (χ2n) is 9.80. The van der Waals surface area contributed by atoms with E-state index in [1.807, 2.05) is 68.4 Å². The number of hydrogen-bond acceptors (Lipinski definition) is 5. The highest BCUT2D eigenvalue weighted by atomic mass is 79.9. The number of nitrogens with zero attached hydrogens (tertiary/aromatic N) is 3. The minimum absolute atomic E-state index is 0.0965. The number of aromatic nitrogens is 3. The van der Waals surface area contributed by atoms with Crippen molar-refractivity contribution in [2.24, 2.45) is 0 Å². The van der Waals surface area contributed by atoms with Gasteiger partial charge in [0.05, 0.1) is 22.0 Å². The fourth-order valence-electron chi connectivity index (χ4n) is 4.91. The molecule has 0 saturated heterocycles. The third-order valence-corrected chi connectivity index (χ3v) is 9.35. The van der Waals surface area contributed by atoms with E-state index in [0.29, 0.717) is 22.2 Å². The van der Waals surface area contributed by atoms with E-state index in [-0.39, 0.29) is 21.1 Å². The van der Waals surface area contributed by atoms with Crippen LogP contribution in [0.1, 0.15) is 34.5 Å². The third-order valence-electron chi connectivity index (χ3n) is 7.04. The molecule has 1 atom stereocenters. The SMILES string of the molecule is Cc1ccc(S(=O)(=O)c2c(NC(=O)c3cccc(Br)c3)n([C@H](C)c3ccccc3)c3nc4ccccc4nc23)cc1. The van der Waals surface area contributed by atoms with Gasteiger partial charge in [0.1, 0.15) is 16.2 Å². The highest BCUT2D eigenvalue weighted by molar-refractivity contribution is 9.10. The summed E-state index contributed by atoms with van der Waals surface area (Å²) in [7, 11) is -4.16. The number of rotatable bonds is 6. The normalized spacial score (nSPS) is 12.5. The lowest BCUT2D eigenvalue weighted by atomic mass is 10.1. The number of amides is 1. The first-order valence-electron chi connectivity index (χ1n) is 13.0. The molecule has 204 valence electrons. The molecule has 9 heteroatoms. The van der Waals surface area contributed by atoms with Crippen LogP contribution in [0.5, 0.6) is 0 Å². The lowest BCUT2D eigenvalue weighted by molar-refractivity contribution is 0.102. The maximum atomic E-state index is 14.4. The molecular weight excluding hydrogens is 600 g/mol. The molecule has 6 rings (SSSR count). The van der Waals surface area contributed by atoms with Crippen LogP contribution in [0.15, 0.2) is 117 Å². The molecule has 0 aliphatic carbocycles. The van der Waals surface area contributed by atoms with Crippen molar-refractivity contribution in [2.45, 2.75) is 29.7 Å². The molecule has 1 N–H and O–H groups in total. The molecule has 0 spiro atoms. The number of aryl methyl sites for hydroxylation is 1. The van der Waals surface area contributed by atoms with E-state index in [2.05, 4.69) is 21.2 Å². The molecule has 2 aromatic heterocycles. The standard InChI is InChI=1S/C32H25BrN4O3S/c1-20-15-17-25(18-16-20)41(39,40)29-28-30(35-27-14-7-6-13-26(27)34-28)37(21(2)22-9-4-3-5-10-22)31(29)36-32(38)23-11-8-12-24(33)19-23/h3-19,21H,1-2H3,(H,36,38)/t21-/m1/s1. The van der Waals surface area contributed by atoms with Crippen molar-refractivity contribution in [1.82, 2.24) is 14.5 Å². The van der Waals surface area contributed by atoms with Crippen LogP contribution in [0.3, 0.4) is 0 Å². The molecule has 0 radical (unpaired) electrons. The van der Waals surface area contributed by atoms with Gasteiger partial charge in [0.2, 0.25) is 9.84 Å². The molecule has 1 amide bonds. The first-order chi connectivity index (χ1) is 19.7. The zero-order chi connectivity index (χ0) is 28.7. The van der Waals surface area contributed by atoms with E-state index >= 15 is 0 Å². The van der Waals surface area contributed by atoms with Crippen molar-refractivity contribution < 1.29 is 13.2 Å². The maximum Gasteiger partial charge on any atom is 0.256 e. The lowest BCUT2D eigenvalue weighted by Gasteiger charge is -2.20. The number of halogens is 1. The topological polar surface area (TPSA) is 94.0 Å². The van der Waals surface area contributed by atoms with Crippen molar-refractivity contribution in [3.05, 3.63) is 124 Å². The number of sulfone groups is 1. The van der Waals surface area contributed by atoms with E-state index in [1.165, 1.54) is 0 Å². The van der Waals surface area contributed by atoms with Gasteiger partial charge in [-0.1, -0.05) is 82.2 Å². The first-order valence-corrected chi connectivity index (χ1v) is 15.3. The summed E-state index contributed by atoms with van der Waals surface area (Å²) in [6.07, 6.45) is 0. The predicted molar refractivity (Wildman–Crippen MR) is 164 cm³/mol. The van der Waals surface area contributed by atoms with Gasteiger partial charge in [-0.05, 0) is 61.9 Å². The summed E-state index contributed by atoms with van der Waals surface area (Å²) in [6, 6.07) is 30.2. The van der Waals surface area contributed by atoms with Gasteiger partial charge in [-0.2, -0.15) is 0 Å². The molecule has 6 aromatic rings. The van der Waals surface area contributed by atoms with Gasteiger partial charge in [0.15, 0.2) is 5.65 Å². The largest absolute Gasteiger partial charge is 0.307 e. The Morgan fingerprint density at radius 2 is 1.51 bits per heavy atom. The summed E-state index contributed by atoms with van der Waals surface area (Å²) in [4.78, 5) is 23.4. The van der Waals surface area contributed by atoms with Crippen LogP contribution in [0.25, 0.3) is 22.2 Å². The van der Waals surface area contributed by atoms with Crippen LogP contribution in [0, 0.1) is 6.92 Å². The van der Waals surface area contributed by atoms with Crippen LogP contribution in [-0.4, -0.2) is 28.9 Å². The minimum atomic E-state index is -4.16. The molecule has 4 aromatic carbocycles. The first kappa shape index (κ1) is 26.9. The molecular formula is C32H25BrN4O3S. The smallest absolute Gasteiger partial charge is 0.256 e. The highest BCUT2D eigenvalue weighted by Crippen LogP contribution is 2.40. The molecule has 0 unspecified atom stereocenters. The summed E-state index contributed by atoms with van der Waals surface area (Å²) >= 11 is 3.42. The van der Waals surface area contributed by atoms with Crippen molar-refractivity contribution in [1.29, 1.82) is 0 Å². The molecule has 0 bridgehead atoms. The van der Waals surface area contributed by atoms with Gasteiger partial charge in [-0.25, -0.2) is 18.4 Å². The zero-order valence-corrected chi connectivity index (χ0v) is 24.6. The van der Waals surface area contributed by atoms with Crippen LogP contribution in [0.4, 0.5) is 5.82 Å². The number of benzene rings is 4. The molecule has 7 nitrogen and oxygen atoms in total. The van der Waals surface area contributed by atoms with E-state index < -0.39 is 21.8 Å². The quantitative estimate of drug-likeness (QED) is 0.209. The number of para-hydroxylation sites is 2. The van der Waals surface area contributed by atoms with Crippen molar-refractivity contribution in [3.8, 4) is 0 Å². The molecule has 2 heterocycles. The minimum Gasteiger partial charge on any atom is -0.307 e. The Labute approximate surface area is 245 Å².